The van der Waals surface area contributed by atoms with E-state index in [-0.39, 0.29) is 4.90 Å². The Hall–Kier alpha value is -0.430. The standard InChI is InChI=1S/C15H25BrN2O2S/c1-3-5-6-12(4-2)11-18-21(19,20)15-8-7-13(10-17)9-14(15)16/h7-9,12,18H,3-6,10-11,17H2,1-2H3. The molecule has 0 bridgehead atoms. The van der Waals surface area contributed by atoms with Gasteiger partial charge < -0.3 is 5.73 Å². The molecule has 0 aromatic heterocycles. The molecule has 0 saturated carbocycles. The molecule has 4 nitrogen and oxygen atoms in total. The van der Waals surface area contributed by atoms with Crippen molar-refractivity contribution in [1.82, 2.24) is 4.72 Å². The number of halogens is 1. The smallest absolute Gasteiger partial charge is 0.241 e. The highest BCUT2D eigenvalue weighted by molar-refractivity contribution is 9.10. The predicted octanol–water partition coefficient (Wildman–Crippen LogP) is 3.40. The average molecular weight is 377 g/mol. The van der Waals surface area contributed by atoms with E-state index in [4.69, 9.17) is 5.73 Å². The van der Waals surface area contributed by atoms with Crippen LogP contribution in [0, 0.1) is 5.92 Å². The van der Waals surface area contributed by atoms with E-state index in [9.17, 15) is 8.42 Å². The summed E-state index contributed by atoms with van der Waals surface area (Å²) in [5, 5.41) is 0. The molecule has 1 atom stereocenters. The van der Waals surface area contributed by atoms with Crippen LogP contribution >= 0.6 is 15.9 Å². The van der Waals surface area contributed by atoms with Gasteiger partial charge in [-0.2, -0.15) is 0 Å². The summed E-state index contributed by atoms with van der Waals surface area (Å²) in [7, 11) is -3.48. The van der Waals surface area contributed by atoms with E-state index in [2.05, 4.69) is 34.5 Å². The lowest BCUT2D eigenvalue weighted by molar-refractivity contribution is 0.443. The van der Waals surface area contributed by atoms with Gasteiger partial charge in [-0.25, -0.2) is 13.1 Å². The molecule has 1 unspecified atom stereocenters. The van der Waals surface area contributed by atoms with E-state index in [1.54, 1.807) is 18.2 Å². The van der Waals surface area contributed by atoms with Gasteiger partial charge >= 0.3 is 0 Å². The maximum Gasteiger partial charge on any atom is 0.241 e. The zero-order valence-electron chi connectivity index (χ0n) is 12.7. The van der Waals surface area contributed by atoms with Gasteiger partial charge in [0.15, 0.2) is 0 Å². The van der Waals surface area contributed by atoms with Gasteiger partial charge in [0.05, 0.1) is 4.90 Å². The minimum atomic E-state index is -3.48. The first kappa shape index (κ1) is 18.6. The molecule has 0 fully saturated rings. The molecule has 21 heavy (non-hydrogen) atoms. The second-order valence-electron chi connectivity index (χ2n) is 5.24. The first-order valence-electron chi connectivity index (χ1n) is 7.42. The molecule has 3 N–H and O–H groups in total. The van der Waals surface area contributed by atoms with Crippen LogP contribution in [0.2, 0.25) is 0 Å². The summed E-state index contributed by atoms with van der Waals surface area (Å²) in [6.45, 7) is 5.12. The normalized spacial score (nSPS) is 13.3. The molecule has 0 aliphatic heterocycles. The van der Waals surface area contributed by atoms with Crippen LogP contribution in [0.3, 0.4) is 0 Å². The number of sulfonamides is 1. The predicted molar refractivity (Wildman–Crippen MR) is 90.5 cm³/mol. The van der Waals surface area contributed by atoms with Crippen LogP contribution in [-0.2, 0) is 16.6 Å². The zero-order chi connectivity index (χ0) is 15.9. The molecule has 0 aliphatic rings. The zero-order valence-corrected chi connectivity index (χ0v) is 15.1. The highest BCUT2D eigenvalue weighted by Gasteiger charge is 2.19. The molecule has 0 spiro atoms. The third-order valence-corrected chi connectivity index (χ3v) is 6.03. The Morgan fingerprint density at radius 3 is 2.57 bits per heavy atom. The highest BCUT2D eigenvalue weighted by Crippen LogP contribution is 2.23. The molecule has 0 aliphatic carbocycles. The Kier molecular flexibility index (Phi) is 7.87. The van der Waals surface area contributed by atoms with Gasteiger partial charge in [0.1, 0.15) is 0 Å². The van der Waals surface area contributed by atoms with Gasteiger partial charge in [-0.05, 0) is 46.0 Å². The summed E-state index contributed by atoms with van der Waals surface area (Å²) in [4.78, 5) is 0.269. The van der Waals surface area contributed by atoms with Crippen molar-refractivity contribution in [1.29, 1.82) is 0 Å². The SMILES string of the molecule is CCCCC(CC)CNS(=O)(=O)c1ccc(CN)cc1Br. The minimum absolute atomic E-state index is 0.269. The molecule has 1 rings (SSSR count). The molecular formula is C15H25BrN2O2S. The Morgan fingerprint density at radius 2 is 2.05 bits per heavy atom. The summed E-state index contributed by atoms with van der Waals surface area (Å²) in [5.74, 6) is 0.391. The van der Waals surface area contributed by atoms with Crippen molar-refractivity contribution >= 4 is 26.0 Å². The summed E-state index contributed by atoms with van der Waals surface area (Å²) in [6.07, 6.45) is 4.31. The van der Waals surface area contributed by atoms with Crippen molar-refractivity contribution < 1.29 is 8.42 Å². The molecule has 0 heterocycles. The monoisotopic (exact) mass is 376 g/mol. The summed E-state index contributed by atoms with van der Waals surface area (Å²) in [6, 6.07) is 5.10. The Balaban J connectivity index is 2.77. The fourth-order valence-corrected chi connectivity index (χ4v) is 4.38. The fraction of sp³-hybridized carbons (Fsp3) is 0.600. The largest absolute Gasteiger partial charge is 0.326 e. The Labute approximate surface area is 136 Å². The molecule has 0 saturated heterocycles. The lowest BCUT2D eigenvalue weighted by Gasteiger charge is -2.16. The third-order valence-electron chi connectivity index (χ3n) is 3.63. The van der Waals surface area contributed by atoms with E-state index in [1.165, 1.54) is 0 Å². The first-order chi connectivity index (χ1) is 9.94. The summed E-state index contributed by atoms with van der Waals surface area (Å²) >= 11 is 3.32. The minimum Gasteiger partial charge on any atom is -0.326 e. The lowest BCUT2D eigenvalue weighted by atomic mass is 10.00. The van der Waals surface area contributed by atoms with E-state index in [1.807, 2.05) is 0 Å². The van der Waals surface area contributed by atoms with Crippen LogP contribution in [0.4, 0.5) is 0 Å². The van der Waals surface area contributed by atoms with Crippen LogP contribution in [-0.4, -0.2) is 15.0 Å². The third kappa shape index (κ3) is 5.70. The number of rotatable bonds is 9. The van der Waals surface area contributed by atoms with E-state index in [0.717, 1.165) is 31.2 Å². The highest BCUT2D eigenvalue weighted by atomic mass is 79.9. The first-order valence-corrected chi connectivity index (χ1v) is 9.70. The van der Waals surface area contributed by atoms with Gasteiger partial charge in [-0.15, -0.1) is 0 Å². The van der Waals surface area contributed by atoms with E-state index >= 15 is 0 Å². The van der Waals surface area contributed by atoms with Crippen LogP contribution in [0.5, 0.6) is 0 Å². The van der Waals surface area contributed by atoms with Crippen molar-refractivity contribution in [3.63, 3.8) is 0 Å². The van der Waals surface area contributed by atoms with Crippen molar-refractivity contribution in [3.05, 3.63) is 28.2 Å². The maximum absolute atomic E-state index is 12.4. The van der Waals surface area contributed by atoms with Gasteiger partial charge in [0, 0.05) is 17.6 Å². The summed E-state index contributed by atoms with van der Waals surface area (Å²) < 4.78 is 28.0. The van der Waals surface area contributed by atoms with Gasteiger partial charge in [0.2, 0.25) is 10.0 Å². The van der Waals surface area contributed by atoms with E-state index < -0.39 is 10.0 Å². The number of benzene rings is 1. The van der Waals surface area contributed by atoms with Gasteiger partial charge in [0.25, 0.3) is 0 Å². The molecular weight excluding hydrogens is 352 g/mol. The molecule has 1 aromatic carbocycles. The number of hydrogen-bond donors (Lipinski definition) is 2. The number of nitrogens with one attached hydrogen (secondary N) is 1. The Morgan fingerprint density at radius 1 is 1.33 bits per heavy atom. The van der Waals surface area contributed by atoms with Crippen LogP contribution in [0.15, 0.2) is 27.6 Å². The fourth-order valence-electron chi connectivity index (χ4n) is 2.14. The van der Waals surface area contributed by atoms with Crippen LogP contribution in [0.1, 0.15) is 45.1 Å². The topological polar surface area (TPSA) is 72.2 Å². The average Bonchev–Trinajstić information content (AvgIpc) is 2.47. The Bertz CT molecular complexity index is 547. The number of hydrogen-bond acceptors (Lipinski definition) is 3. The molecule has 120 valence electrons. The maximum atomic E-state index is 12.4. The second kappa shape index (κ2) is 8.88. The van der Waals surface area contributed by atoms with Crippen molar-refractivity contribution in [3.8, 4) is 0 Å². The number of nitrogens with two attached hydrogens (primary N) is 1. The molecule has 6 heteroatoms. The second-order valence-corrected chi connectivity index (χ2v) is 7.83. The van der Waals surface area contributed by atoms with Gasteiger partial charge in [-0.1, -0.05) is 39.2 Å². The molecule has 0 radical (unpaired) electrons. The van der Waals surface area contributed by atoms with E-state index in [0.29, 0.717) is 23.5 Å². The molecule has 0 amide bonds. The van der Waals surface area contributed by atoms with Crippen molar-refractivity contribution in [2.45, 2.75) is 51.0 Å². The summed E-state index contributed by atoms with van der Waals surface area (Å²) in [5.41, 5.74) is 6.45. The quantitative estimate of drug-likeness (QED) is 0.693. The van der Waals surface area contributed by atoms with Crippen molar-refractivity contribution in [2.75, 3.05) is 6.54 Å². The van der Waals surface area contributed by atoms with Crippen LogP contribution in [0.25, 0.3) is 0 Å². The molecule has 1 aromatic rings. The van der Waals surface area contributed by atoms with Gasteiger partial charge in [-0.3, -0.25) is 0 Å². The lowest BCUT2D eigenvalue weighted by Crippen LogP contribution is -2.29. The van der Waals surface area contributed by atoms with Crippen molar-refractivity contribution in [2.24, 2.45) is 11.7 Å². The van der Waals surface area contributed by atoms with Crippen LogP contribution < -0.4 is 10.5 Å². The number of unbranched alkanes of at least 4 members (excludes halogenated alkanes) is 1.